The second-order valence-corrected chi connectivity index (χ2v) is 12.5. The number of nitrogens with zero attached hydrogens (tertiary/aromatic N) is 1. The van der Waals surface area contributed by atoms with Gasteiger partial charge < -0.3 is 14.0 Å². The van der Waals surface area contributed by atoms with Crippen LogP contribution in [0.5, 0.6) is 5.75 Å². The number of aryl methyl sites for hydroxylation is 1. The SMILES string of the molecule is CC1(C)OB(c2ccc3c(c2)CC[C@H](c2ccccc2)[C@@H]3c2ccc(OCCN3CCCC3)cc2)OC1(C)C. The molecular formula is C34H42BNO3. The van der Waals surface area contributed by atoms with Gasteiger partial charge in [0.15, 0.2) is 0 Å². The lowest BCUT2D eigenvalue weighted by molar-refractivity contribution is 0.00578. The molecule has 0 saturated carbocycles. The van der Waals surface area contributed by atoms with Gasteiger partial charge in [-0.1, -0.05) is 60.7 Å². The van der Waals surface area contributed by atoms with Gasteiger partial charge in [-0.25, -0.2) is 0 Å². The van der Waals surface area contributed by atoms with Crippen molar-refractivity contribution < 1.29 is 14.0 Å². The summed E-state index contributed by atoms with van der Waals surface area (Å²) in [7, 11) is -0.331. The fourth-order valence-corrected chi connectivity index (χ4v) is 6.51. The molecule has 204 valence electrons. The number of hydrogen-bond donors (Lipinski definition) is 0. The van der Waals surface area contributed by atoms with E-state index in [1.807, 2.05) is 0 Å². The first kappa shape index (κ1) is 26.6. The van der Waals surface area contributed by atoms with Crippen molar-refractivity contribution >= 4 is 12.6 Å². The van der Waals surface area contributed by atoms with Crippen LogP contribution >= 0.6 is 0 Å². The lowest BCUT2D eigenvalue weighted by Gasteiger charge is -2.35. The molecule has 2 saturated heterocycles. The maximum absolute atomic E-state index is 6.38. The highest BCUT2D eigenvalue weighted by Crippen LogP contribution is 2.46. The summed E-state index contributed by atoms with van der Waals surface area (Å²) in [5.74, 6) is 1.69. The van der Waals surface area contributed by atoms with Crippen LogP contribution in [0, 0.1) is 0 Å². The van der Waals surface area contributed by atoms with E-state index in [0.717, 1.165) is 37.2 Å². The number of fused-ring (bicyclic) bond motifs is 1. The fraction of sp³-hybridized carbons (Fsp3) is 0.471. The van der Waals surface area contributed by atoms with Gasteiger partial charge in [-0.3, -0.25) is 4.90 Å². The highest BCUT2D eigenvalue weighted by Gasteiger charge is 2.51. The zero-order valence-corrected chi connectivity index (χ0v) is 24.0. The Kier molecular flexibility index (Phi) is 7.34. The molecule has 1 aliphatic carbocycles. The van der Waals surface area contributed by atoms with Gasteiger partial charge in [-0.2, -0.15) is 0 Å². The topological polar surface area (TPSA) is 30.9 Å². The molecule has 0 spiro atoms. The highest BCUT2D eigenvalue weighted by atomic mass is 16.7. The summed E-state index contributed by atoms with van der Waals surface area (Å²) in [6.07, 6.45) is 4.80. The zero-order chi connectivity index (χ0) is 27.0. The third-order valence-corrected chi connectivity index (χ3v) is 9.50. The standard InChI is InChI=1S/C34H42BNO3/c1-33(2)34(3,4)39-35(38-33)28-15-19-31-27(24-28)14-18-30(25-10-6-5-7-11-25)32(31)26-12-16-29(17-13-26)37-23-22-36-20-8-9-21-36/h5-7,10-13,15-17,19,24,30,32H,8-9,14,18,20-23H2,1-4H3/t30-,32+/m1/s1. The number of likely N-dealkylation sites (tertiary alicyclic amines) is 1. The number of benzene rings is 3. The maximum atomic E-state index is 6.38. The maximum Gasteiger partial charge on any atom is 0.494 e. The van der Waals surface area contributed by atoms with Gasteiger partial charge in [0, 0.05) is 12.5 Å². The van der Waals surface area contributed by atoms with Crippen molar-refractivity contribution in [2.24, 2.45) is 0 Å². The number of rotatable bonds is 7. The Labute approximate surface area is 234 Å². The van der Waals surface area contributed by atoms with E-state index in [1.54, 1.807) is 0 Å². The Morgan fingerprint density at radius 3 is 2.23 bits per heavy atom. The first-order valence-electron chi connectivity index (χ1n) is 14.8. The van der Waals surface area contributed by atoms with Crippen LogP contribution in [-0.4, -0.2) is 49.5 Å². The molecule has 2 heterocycles. The van der Waals surface area contributed by atoms with Crippen molar-refractivity contribution in [1.29, 1.82) is 0 Å². The fourth-order valence-electron chi connectivity index (χ4n) is 6.51. The van der Waals surface area contributed by atoms with Crippen molar-refractivity contribution in [1.82, 2.24) is 4.90 Å². The van der Waals surface area contributed by atoms with Crippen LogP contribution in [0.3, 0.4) is 0 Å². The lowest BCUT2D eigenvalue weighted by Crippen LogP contribution is -2.41. The van der Waals surface area contributed by atoms with Crippen LogP contribution in [-0.2, 0) is 15.7 Å². The smallest absolute Gasteiger partial charge is 0.492 e. The average Bonchev–Trinajstić information content (AvgIpc) is 3.53. The Balaban J connectivity index is 1.26. The van der Waals surface area contributed by atoms with E-state index in [2.05, 4.69) is 105 Å². The molecule has 3 aromatic carbocycles. The predicted molar refractivity (Wildman–Crippen MR) is 159 cm³/mol. The second kappa shape index (κ2) is 10.8. The van der Waals surface area contributed by atoms with E-state index in [-0.39, 0.29) is 18.3 Å². The largest absolute Gasteiger partial charge is 0.494 e. The predicted octanol–water partition coefficient (Wildman–Crippen LogP) is 6.32. The molecule has 0 amide bonds. The lowest BCUT2D eigenvalue weighted by atomic mass is 9.67. The highest BCUT2D eigenvalue weighted by molar-refractivity contribution is 6.62. The molecule has 2 atom stereocenters. The van der Waals surface area contributed by atoms with Crippen LogP contribution in [0.2, 0.25) is 0 Å². The minimum absolute atomic E-state index is 0.294. The molecule has 0 bridgehead atoms. The average molecular weight is 524 g/mol. The van der Waals surface area contributed by atoms with Gasteiger partial charge in [-0.15, -0.1) is 0 Å². The normalized spacial score (nSPS) is 24.1. The minimum atomic E-state index is -0.340. The van der Waals surface area contributed by atoms with Gasteiger partial charge >= 0.3 is 7.12 Å². The summed E-state index contributed by atoms with van der Waals surface area (Å²) in [5.41, 5.74) is 6.02. The summed E-state index contributed by atoms with van der Waals surface area (Å²) < 4.78 is 18.9. The van der Waals surface area contributed by atoms with Gasteiger partial charge in [-0.05, 0) is 112 Å². The molecular weight excluding hydrogens is 481 g/mol. The van der Waals surface area contributed by atoms with Crippen molar-refractivity contribution in [3.8, 4) is 5.75 Å². The molecule has 0 aromatic heterocycles. The van der Waals surface area contributed by atoms with Crippen LogP contribution in [0.15, 0.2) is 72.8 Å². The molecule has 5 heteroatoms. The van der Waals surface area contributed by atoms with Crippen LogP contribution in [0.25, 0.3) is 0 Å². The third-order valence-electron chi connectivity index (χ3n) is 9.50. The number of ether oxygens (including phenoxy) is 1. The van der Waals surface area contributed by atoms with Crippen LogP contribution in [0.4, 0.5) is 0 Å². The summed E-state index contributed by atoms with van der Waals surface area (Å²) in [6, 6.07) is 26.8. The van der Waals surface area contributed by atoms with E-state index >= 15 is 0 Å². The van der Waals surface area contributed by atoms with Gasteiger partial charge in [0.1, 0.15) is 12.4 Å². The van der Waals surface area contributed by atoms with Gasteiger partial charge in [0.05, 0.1) is 11.2 Å². The molecule has 0 radical (unpaired) electrons. The van der Waals surface area contributed by atoms with Gasteiger partial charge in [0.25, 0.3) is 0 Å². The second-order valence-electron chi connectivity index (χ2n) is 12.5. The monoisotopic (exact) mass is 523 g/mol. The van der Waals surface area contributed by atoms with E-state index in [9.17, 15) is 0 Å². The van der Waals surface area contributed by atoms with Gasteiger partial charge in [0.2, 0.25) is 0 Å². The summed E-state index contributed by atoms with van der Waals surface area (Å²) >= 11 is 0. The Morgan fingerprint density at radius 2 is 1.54 bits per heavy atom. The molecule has 2 fully saturated rings. The summed E-state index contributed by atoms with van der Waals surface area (Å²) in [6.45, 7) is 12.6. The molecule has 2 aliphatic heterocycles. The van der Waals surface area contributed by atoms with Crippen LogP contribution in [0.1, 0.15) is 81.0 Å². The molecule has 0 N–H and O–H groups in total. The quantitative estimate of drug-likeness (QED) is 0.339. The van der Waals surface area contributed by atoms with Crippen molar-refractivity contribution in [3.05, 3.63) is 95.1 Å². The Morgan fingerprint density at radius 1 is 0.846 bits per heavy atom. The molecule has 3 aliphatic rings. The molecule has 0 unspecified atom stereocenters. The van der Waals surface area contributed by atoms with Crippen molar-refractivity contribution in [2.75, 3.05) is 26.2 Å². The summed E-state index contributed by atoms with van der Waals surface area (Å²) in [5, 5.41) is 0. The molecule has 39 heavy (non-hydrogen) atoms. The van der Waals surface area contributed by atoms with Crippen molar-refractivity contribution in [2.45, 2.75) is 76.4 Å². The third kappa shape index (κ3) is 5.42. The summed E-state index contributed by atoms with van der Waals surface area (Å²) in [4.78, 5) is 2.50. The van der Waals surface area contributed by atoms with E-state index in [0.29, 0.717) is 11.8 Å². The number of hydrogen-bond acceptors (Lipinski definition) is 4. The van der Waals surface area contributed by atoms with Crippen LogP contribution < -0.4 is 10.2 Å². The van der Waals surface area contributed by atoms with E-state index in [1.165, 1.54) is 48.2 Å². The molecule has 4 nitrogen and oxygen atoms in total. The first-order valence-corrected chi connectivity index (χ1v) is 14.8. The minimum Gasteiger partial charge on any atom is -0.492 e. The van der Waals surface area contributed by atoms with E-state index in [4.69, 9.17) is 14.0 Å². The molecule has 6 rings (SSSR count). The Hall–Kier alpha value is -2.60. The van der Waals surface area contributed by atoms with Crippen molar-refractivity contribution in [3.63, 3.8) is 0 Å². The zero-order valence-electron chi connectivity index (χ0n) is 24.0. The molecule has 3 aromatic rings. The Bertz CT molecular complexity index is 1250. The first-order chi connectivity index (χ1) is 18.8. The van der Waals surface area contributed by atoms with E-state index < -0.39 is 0 Å².